The second kappa shape index (κ2) is 9.62. The Bertz CT molecular complexity index is 969. The molecule has 1 atom stereocenters. The average Bonchev–Trinajstić information content (AvgIpc) is 3.39. The van der Waals surface area contributed by atoms with E-state index in [1.54, 1.807) is 36.7 Å². The molecule has 1 aromatic carbocycles. The summed E-state index contributed by atoms with van der Waals surface area (Å²) in [4.78, 5) is 34.3. The van der Waals surface area contributed by atoms with Crippen molar-refractivity contribution in [1.82, 2.24) is 14.8 Å². The van der Waals surface area contributed by atoms with Gasteiger partial charge < -0.3 is 9.64 Å². The summed E-state index contributed by atoms with van der Waals surface area (Å²) in [6, 6.07) is 11.0. The van der Waals surface area contributed by atoms with E-state index in [0.717, 1.165) is 24.8 Å². The molecule has 7 heteroatoms. The lowest BCUT2D eigenvalue weighted by atomic mass is 10.0. The van der Waals surface area contributed by atoms with E-state index in [0.29, 0.717) is 48.1 Å². The van der Waals surface area contributed by atoms with Gasteiger partial charge in [0, 0.05) is 37.1 Å². The summed E-state index contributed by atoms with van der Waals surface area (Å²) >= 11 is 6.06. The molecule has 162 valence electrons. The molecular weight excluding hydrogens is 414 g/mol. The minimum atomic E-state index is -0.264. The summed E-state index contributed by atoms with van der Waals surface area (Å²) in [6.45, 7) is 4.21. The normalized spacial score (nSPS) is 18.9. The lowest BCUT2D eigenvalue weighted by Crippen LogP contribution is -2.40. The molecule has 2 amide bonds. The molecule has 0 radical (unpaired) electrons. The SMILES string of the molecule is CCN(CCc1ccncc1)C1=C(c2ccc(Cl)cc2)C(=O)N(CC2CCCO2)C1=O. The van der Waals surface area contributed by atoms with Crippen LogP contribution in [0.4, 0.5) is 0 Å². The predicted octanol–water partition coefficient (Wildman–Crippen LogP) is 3.56. The molecule has 1 aromatic heterocycles. The van der Waals surface area contributed by atoms with Crippen molar-refractivity contribution in [2.45, 2.75) is 32.3 Å². The van der Waals surface area contributed by atoms with Gasteiger partial charge in [-0.1, -0.05) is 23.7 Å². The van der Waals surface area contributed by atoms with Crippen molar-refractivity contribution in [2.24, 2.45) is 0 Å². The molecule has 6 nitrogen and oxygen atoms in total. The molecule has 0 aliphatic carbocycles. The van der Waals surface area contributed by atoms with Gasteiger partial charge in [0.1, 0.15) is 5.70 Å². The van der Waals surface area contributed by atoms with E-state index in [2.05, 4.69) is 4.98 Å². The fourth-order valence-electron chi connectivity index (χ4n) is 4.13. The van der Waals surface area contributed by atoms with Crippen LogP contribution in [0.25, 0.3) is 5.57 Å². The molecular formula is C24H26ClN3O3. The van der Waals surface area contributed by atoms with Gasteiger partial charge in [-0.2, -0.15) is 0 Å². The van der Waals surface area contributed by atoms with Crippen molar-refractivity contribution in [3.8, 4) is 0 Å². The molecule has 0 bridgehead atoms. The number of carbonyl (C=O) groups is 2. The van der Waals surface area contributed by atoms with Crippen molar-refractivity contribution < 1.29 is 14.3 Å². The summed E-state index contributed by atoms with van der Waals surface area (Å²) in [5.41, 5.74) is 2.74. The first-order valence-electron chi connectivity index (χ1n) is 10.7. The second-order valence-corrected chi connectivity index (χ2v) is 8.21. The highest BCUT2D eigenvalue weighted by atomic mass is 35.5. The van der Waals surface area contributed by atoms with Crippen LogP contribution in [0.3, 0.4) is 0 Å². The number of benzene rings is 1. The summed E-state index contributed by atoms with van der Waals surface area (Å²) in [5.74, 6) is -0.512. The number of pyridine rings is 1. The Kier molecular flexibility index (Phi) is 6.68. The second-order valence-electron chi connectivity index (χ2n) is 7.77. The smallest absolute Gasteiger partial charge is 0.277 e. The average molecular weight is 440 g/mol. The lowest BCUT2D eigenvalue weighted by molar-refractivity contribution is -0.139. The minimum Gasteiger partial charge on any atom is -0.376 e. The zero-order chi connectivity index (χ0) is 21.8. The molecule has 2 aliphatic heterocycles. The number of halogens is 1. The Morgan fingerprint density at radius 2 is 1.87 bits per heavy atom. The van der Waals surface area contributed by atoms with Crippen molar-refractivity contribution in [2.75, 3.05) is 26.2 Å². The molecule has 0 saturated carbocycles. The number of aromatic nitrogens is 1. The number of hydrogen-bond acceptors (Lipinski definition) is 5. The quantitative estimate of drug-likeness (QED) is 0.588. The zero-order valence-corrected chi connectivity index (χ0v) is 18.3. The molecule has 3 heterocycles. The van der Waals surface area contributed by atoms with Gasteiger partial charge in [-0.05, 0) is 61.6 Å². The van der Waals surface area contributed by atoms with Crippen LogP contribution in [0.1, 0.15) is 30.9 Å². The van der Waals surface area contributed by atoms with Gasteiger partial charge in [-0.25, -0.2) is 0 Å². The van der Waals surface area contributed by atoms with Crippen molar-refractivity contribution in [1.29, 1.82) is 0 Å². The Morgan fingerprint density at radius 3 is 2.52 bits per heavy atom. The van der Waals surface area contributed by atoms with Crippen LogP contribution in [0.2, 0.25) is 5.02 Å². The van der Waals surface area contributed by atoms with Gasteiger partial charge >= 0.3 is 0 Å². The number of hydrogen-bond donors (Lipinski definition) is 0. The van der Waals surface area contributed by atoms with Crippen molar-refractivity contribution in [3.05, 3.63) is 70.6 Å². The first kappa shape index (κ1) is 21.5. The molecule has 2 aliphatic rings. The molecule has 0 N–H and O–H groups in total. The molecule has 1 fully saturated rings. The lowest BCUT2D eigenvalue weighted by Gasteiger charge is -2.25. The van der Waals surface area contributed by atoms with Gasteiger partial charge in [0.05, 0.1) is 18.2 Å². The first-order valence-corrected chi connectivity index (χ1v) is 11.1. The van der Waals surface area contributed by atoms with E-state index in [9.17, 15) is 9.59 Å². The highest BCUT2D eigenvalue weighted by molar-refractivity contribution is 6.36. The van der Waals surface area contributed by atoms with Gasteiger partial charge in [-0.15, -0.1) is 0 Å². The fraction of sp³-hybridized carbons (Fsp3) is 0.375. The zero-order valence-electron chi connectivity index (χ0n) is 17.6. The summed E-state index contributed by atoms with van der Waals surface area (Å²) in [5, 5.41) is 0.587. The summed E-state index contributed by atoms with van der Waals surface area (Å²) in [7, 11) is 0. The van der Waals surface area contributed by atoms with E-state index in [-0.39, 0.29) is 17.9 Å². The van der Waals surface area contributed by atoms with Gasteiger partial charge in [0.15, 0.2) is 0 Å². The van der Waals surface area contributed by atoms with Crippen LogP contribution in [-0.2, 0) is 20.7 Å². The standard InChI is InChI=1S/C24H26ClN3O3/c1-2-27(14-11-17-9-12-26-13-10-17)22-21(18-5-7-19(25)8-6-18)23(29)28(24(22)30)16-20-4-3-15-31-20/h5-10,12-13,20H,2-4,11,14-16H2,1H3. The Hall–Kier alpha value is -2.70. The van der Waals surface area contributed by atoms with Crippen molar-refractivity contribution >= 4 is 29.0 Å². The molecule has 0 spiro atoms. The third-order valence-electron chi connectivity index (χ3n) is 5.80. The number of amides is 2. The molecule has 1 saturated heterocycles. The number of likely N-dealkylation sites (N-methyl/N-ethyl adjacent to an activating group) is 1. The van der Waals surface area contributed by atoms with E-state index >= 15 is 0 Å². The maximum atomic E-state index is 13.5. The fourth-order valence-corrected chi connectivity index (χ4v) is 4.26. The van der Waals surface area contributed by atoms with Crippen LogP contribution in [-0.4, -0.2) is 58.9 Å². The van der Waals surface area contributed by atoms with E-state index in [1.807, 2.05) is 24.0 Å². The Labute approximate surface area is 187 Å². The largest absolute Gasteiger partial charge is 0.376 e. The molecule has 4 rings (SSSR count). The maximum Gasteiger partial charge on any atom is 0.277 e. The van der Waals surface area contributed by atoms with Crippen LogP contribution < -0.4 is 0 Å². The monoisotopic (exact) mass is 439 g/mol. The molecule has 2 aromatic rings. The molecule has 1 unspecified atom stereocenters. The number of rotatable bonds is 8. The Morgan fingerprint density at radius 1 is 1.13 bits per heavy atom. The minimum absolute atomic E-state index is 0.0920. The van der Waals surface area contributed by atoms with Gasteiger partial charge in [-0.3, -0.25) is 19.5 Å². The molecule has 31 heavy (non-hydrogen) atoms. The van der Waals surface area contributed by atoms with E-state index in [1.165, 1.54) is 4.90 Å². The first-order chi connectivity index (χ1) is 15.1. The van der Waals surface area contributed by atoms with Crippen molar-refractivity contribution in [3.63, 3.8) is 0 Å². The van der Waals surface area contributed by atoms with Crippen LogP contribution in [0.15, 0.2) is 54.5 Å². The Balaban J connectivity index is 1.66. The highest BCUT2D eigenvalue weighted by Crippen LogP contribution is 2.33. The predicted molar refractivity (Wildman–Crippen MR) is 119 cm³/mol. The van der Waals surface area contributed by atoms with Crippen LogP contribution in [0.5, 0.6) is 0 Å². The summed E-state index contributed by atoms with van der Waals surface area (Å²) in [6.07, 6.45) is 6.00. The maximum absolute atomic E-state index is 13.5. The number of carbonyl (C=O) groups excluding carboxylic acids is 2. The number of nitrogens with zero attached hydrogens (tertiary/aromatic N) is 3. The van der Waals surface area contributed by atoms with Crippen LogP contribution >= 0.6 is 11.6 Å². The van der Waals surface area contributed by atoms with Gasteiger partial charge in [0.25, 0.3) is 11.8 Å². The third-order valence-corrected chi connectivity index (χ3v) is 6.06. The van der Waals surface area contributed by atoms with Gasteiger partial charge in [0.2, 0.25) is 0 Å². The highest BCUT2D eigenvalue weighted by Gasteiger charge is 2.42. The number of imide groups is 1. The topological polar surface area (TPSA) is 62.7 Å². The summed E-state index contributed by atoms with van der Waals surface area (Å²) < 4.78 is 5.69. The van der Waals surface area contributed by atoms with Crippen LogP contribution in [0, 0.1) is 0 Å². The number of ether oxygens (including phenoxy) is 1. The third kappa shape index (κ3) is 4.65. The van der Waals surface area contributed by atoms with E-state index < -0.39 is 0 Å². The van der Waals surface area contributed by atoms with E-state index in [4.69, 9.17) is 16.3 Å².